The number of hydrogen-bond acceptors (Lipinski definition) is 5. The maximum Gasteiger partial charge on any atom is 0.328 e. The van der Waals surface area contributed by atoms with E-state index in [1.165, 1.54) is 6.20 Å². The second kappa shape index (κ2) is 8.29. The summed E-state index contributed by atoms with van der Waals surface area (Å²) in [6.45, 7) is 0.896. The minimum absolute atomic E-state index is 0.287. The van der Waals surface area contributed by atoms with Crippen molar-refractivity contribution in [2.24, 2.45) is 0 Å². The highest BCUT2D eigenvalue weighted by molar-refractivity contribution is 6.30. The van der Waals surface area contributed by atoms with Crippen LogP contribution in [0.15, 0.2) is 46.1 Å². The largest absolute Gasteiger partial charge is 0.454 e. The molecular weight excluding hydrogens is 350 g/mol. The summed E-state index contributed by atoms with van der Waals surface area (Å²) < 4.78 is 5.80. The van der Waals surface area contributed by atoms with Gasteiger partial charge in [0.15, 0.2) is 6.61 Å². The molecule has 1 aromatic carbocycles. The molecule has 0 aliphatic heterocycles. The van der Waals surface area contributed by atoms with Gasteiger partial charge in [-0.05, 0) is 24.6 Å². The lowest BCUT2D eigenvalue weighted by Gasteiger charge is -2.14. The van der Waals surface area contributed by atoms with Crippen LogP contribution >= 0.6 is 11.6 Å². The van der Waals surface area contributed by atoms with Gasteiger partial charge < -0.3 is 10.1 Å². The number of nitrogens with one attached hydrogen (secondary N) is 2. The molecule has 0 saturated carbocycles. The molecule has 132 valence electrons. The van der Waals surface area contributed by atoms with Crippen molar-refractivity contribution in [1.29, 1.82) is 0 Å². The number of H-pyrrole nitrogens is 1. The van der Waals surface area contributed by atoms with Crippen LogP contribution in [-0.2, 0) is 20.9 Å². The molecule has 9 heteroatoms. The fourth-order valence-electron chi connectivity index (χ4n) is 2.02. The Morgan fingerprint density at radius 3 is 2.56 bits per heavy atom. The summed E-state index contributed by atoms with van der Waals surface area (Å²) in [6.07, 6.45) is 1.17. The number of esters is 1. The van der Waals surface area contributed by atoms with E-state index in [0.29, 0.717) is 5.02 Å². The number of halogens is 1. The second-order valence-corrected chi connectivity index (χ2v) is 5.68. The zero-order valence-corrected chi connectivity index (χ0v) is 14.1. The van der Waals surface area contributed by atoms with Crippen LogP contribution in [0.3, 0.4) is 0 Å². The normalized spacial score (nSPS) is 11.6. The fourth-order valence-corrected chi connectivity index (χ4v) is 2.14. The van der Waals surface area contributed by atoms with Crippen molar-refractivity contribution in [3.63, 3.8) is 0 Å². The minimum atomic E-state index is -0.775. The van der Waals surface area contributed by atoms with Gasteiger partial charge in [0.25, 0.3) is 11.5 Å². The van der Waals surface area contributed by atoms with Crippen molar-refractivity contribution >= 4 is 23.5 Å². The molecule has 0 fully saturated rings. The summed E-state index contributed by atoms with van der Waals surface area (Å²) in [5.41, 5.74) is -0.445. The quantitative estimate of drug-likeness (QED) is 0.729. The molecule has 2 rings (SSSR count). The van der Waals surface area contributed by atoms with Gasteiger partial charge in [-0.3, -0.25) is 23.9 Å². The smallest absolute Gasteiger partial charge is 0.328 e. The molecule has 0 bridgehead atoms. The van der Waals surface area contributed by atoms with E-state index in [-0.39, 0.29) is 6.04 Å². The number of hydrogen-bond donors (Lipinski definition) is 2. The van der Waals surface area contributed by atoms with Crippen molar-refractivity contribution in [2.75, 3.05) is 6.61 Å². The van der Waals surface area contributed by atoms with Crippen molar-refractivity contribution in [3.05, 3.63) is 68.0 Å². The molecule has 1 aromatic heterocycles. The summed E-state index contributed by atoms with van der Waals surface area (Å²) in [7, 11) is 0. The molecule has 0 radical (unpaired) electrons. The summed E-state index contributed by atoms with van der Waals surface area (Å²) in [4.78, 5) is 47.9. The van der Waals surface area contributed by atoms with Gasteiger partial charge in [-0.25, -0.2) is 4.79 Å². The van der Waals surface area contributed by atoms with Crippen LogP contribution in [0.1, 0.15) is 18.5 Å². The van der Waals surface area contributed by atoms with Crippen molar-refractivity contribution < 1.29 is 14.3 Å². The Labute approximate surface area is 147 Å². The minimum Gasteiger partial charge on any atom is -0.454 e. The van der Waals surface area contributed by atoms with E-state index in [9.17, 15) is 19.2 Å². The number of amides is 1. The third kappa shape index (κ3) is 5.61. The molecule has 0 spiro atoms. The number of carbonyl (C=O) groups excluding carboxylic acids is 2. The molecule has 1 amide bonds. The van der Waals surface area contributed by atoms with Crippen molar-refractivity contribution in [3.8, 4) is 0 Å². The van der Waals surface area contributed by atoms with Crippen molar-refractivity contribution in [2.45, 2.75) is 19.5 Å². The third-order valence-corrected chi connectivity index (χ3v) is 3.56. The highest BCUT2D eigenvalue weighted by atomic mass is 35.5. The predicted molar refractivity (Wildman–Crippen MR) is 90.3 cm³/mol. The van der Waals surface area contributed by atoms with Gasteiger partial charge in [0.05, 0.1) is 6.04 Å². The van der Waals surface area contributed by atoms with E-state index in [1.807, 2.05) is 4.98 Å². The Kier molecular flexibility index (Phi) is 6.13. The van der Waals surface area contributed by atoms with Crippen LogP contribution in [0, 0.1) is 0 Å². The lowest BCUT2D eigenvalue weighted by molar-refractivity contribution is -0.149. The summed E-state index contributed by atoms with van der Waals surface area (Å²) >= 11 is 5.80. The average molecular weight is 366 g/mol. The zero-order valence-electron chi connectivity index (χ0n) is 13.3. The highest BCUT2D eigenvalue weighted by Gasteiger charge is 2.12. The Bertz CT molecular complexity index is 872. The van der Waals surface area contributed by atoms with Crippen LogP contribution in [-0.4, -0.2) is 28.0 Å². The summed E-state index contributed by atoms with van der Waals surface area (Å²) in [5, 5.41) is 3.27. The molecular formula is C16H16ClN3O5. The Balaban J connectivity index is 1.82. The Morgan fingerprint density at radius 2 is 1.92 bits per heavy atom. The molecule has 0 saturated heterocycles. The first-order chi connectivity index (χ1) is 11.8. The van der Waals surface area contributed by atoms with E-state index in [2.05, 4.69) is 5.32 Å². The molecule has 2 aromatic rings. The van der Waals surface area contributed by atoms with Crippen LogP contribution in [0.4, 0.5) is 0 Å². The van der Waals surface area contributed by atoms with E-state index in [0.717, 1.165) is 16.2 Å². The zero-order chi connectivity index (χ0) is 18.4. The molecule has 0 aliphatic rings. The van der Waals surface area contributed by atoms with Crippen LogP contribution < -0.4 is 16.6 Å². The standard InChI is InChI=1S/C16H16ClN3O5/c1-10(11-2-4-12(17)5-3-11)18-14(22)9-25-15(23)8-20-7-6-13(21)19-16(20)24/h2-7,10H,8-9H2,1H3,(H,18,22)(H,19,21,24)/t10-/m0/s1. The van der Waals surface area contributed by atoms with Crippen LogP contribution in [0.5, 0.6) is 0 Å². The van der Waals surface area contributed by atoms with Gasteiger partial charge in [-0.2, -0.15) is 0 Å². The van der Waals surface area contributed by atoms with Gasteiger partial charge >= 0.3 is 11.7 Å². The third-order valence-electron chi connectivity index (χ3n) is 3.31. The first kappa shape index (κ1) is 18.5. The van der Waals surface area contributed by atoms with Crippen LogP contribution in [0.25, 0.3) is 0 Å². The van der Waals surface area contributed by atoms with Gasteiger partial charge in [0.2, 0.25) is 0 Å². The van der Waals surface area contributed by atoms with E-state index >= 15 is 0 Å². The number of ether oxygens (including phenoxy) is 1. The number of rotatable bonds is 6. The highest BCUT2D eigenvalue weighted by Crippen LogP contribution is 2.15. The number of carbonyl (C=O) groups is 2. The first-order valence-electron chi connectivity index (χ1n) is 7.35. The predicted octanol–water partition coefficient (Wildman–Crippen LogP) is 0.611. The maximum absolute atomic E-state index is 11.8. The van der Waals surface area contributed by atoms with E-state index < -0.39 is 36.3 Å². The Morgan fingerprint density at radius 1 is 1.24 bits per heavy atom. The summed E-state index contributed by atoms with van der Waals surface area (Å²) in [6, 6.07) is 7.80. The van der Waals surface area contributed by atoms with Gasteiger partial charge in [-0.15, -0.1) is 0 Å². The Hall–Kier alpha value is -2.87. The number of aromatic amines is 1. The lowest BCUT2D eigenvalue weighted by atomic mass is 10.1. The summed E-state index contributed by atoms with van der Waals surface area (Å²) in [5.74, 6) is -1.26. The van der Waals surface area contributed by atoms with Gasteiger partial charge in [0.1, 0.15) is 6.54 Å². The molecule has 0 aliphatic carbocycles. The van der Waals surface area contributed by atoms with E-state index in [1.54, 1.807) is 31.2 Å². The molecule has 8 nitrogen and oxygen atoms in total. The van der Waals surface area contributed by atoms with Crippen LogP contribution in [0.2, 0.25) is 5.02 Å². The molecule has 1 heterocycles. The van der Waals surface area contributed by atoms with E-state index in [4.69, 9.17) is 16.3 Å². The lowest BCUT2D eigenvalue weighted by Crippen LogP contribution is -2.34. The maximum atomic E-state index is 11.8. The van der Waals surface area contributed by atoms with Crippen molar-refractivity contribution in [1.82, 2.24) is 14.9 Å². The molecule has 1 atom stereocenters. The average Bonchev–Trinajstić information content (AvgIpc) is 2.56. The SMILES string of the molecule is C[C@H](NC(=O)COC(=O)Cn1ccc(=O)[nH]c1=O)c1ccc(Cl)cc1. The number of benzene rings is 1. The van der Waals surface area contributed by atoms with Gasteiger partial charge in [0, 0.05) is 17.3 Å². The second-order valence-electron chi connectivity index (χ2n) is 5.24. The number of nitrogens with zero attached hydrogens (tertiary/aromatic N) is 1. The molecule has 25 heavy (non-hydrogen) atoms. The first-order valence-corrected chi connectivity index (χ1v) is 7.73. The molecule has 0 unspecified atom stereocenters. The van der Waals surface area contributed by atoms with Gasteiger partial charge in [-0.1, -0.05) is 23.7 Å². The molecule has 2 N–H and O–H groups in total. The topological polar surface area (TPSA) is 110 Å². The fraction of sp³-hybridized carbons (Fsp3) is 0.250. The monoisotopic (exact) mass is 365 g/mol. The number of aromatic nitrogens is 2.